The number of aryl methyl sites for hydroxylation is 1. The molecule has 0 atom stereocenters. The van der Waals surface area contributed by atoms with Crippen molar-refractivity contribution in [2.24, 2.45) is 17.8 Å². The predicted molar refractivity (Wildman–Crippen MR) is 104 cm³/mol. The largest absolute Gasteiger partial charge is 0.383 e. The lowest BCUT2D eigenvalue weighted by atomic mass is 9.96. The predicted octanol–water partition coefficient (Wildman–Crippen LogP) is 3.61. The van der Waals surface area contributed by atoms with Gasteiger partial charge in [-0.2, -0.15) is 0 Å². The molecular weight excluding hydrogens is 328 g/mol. The van der Waals surface area contributed by atoms with Crippen LogP contribution in [0.25, 0.3) is 10.9 Å². The average Bonchev–Trinajstić information content (AvgIpc) is 3.23. The Hall–Kier alpha value is -2.14. The van der Waals surface area contributed by atoms with Gasteiger partial charge in [-0.25, -0.2) is 4.57 Å². The molecule has 0 aliphatic heterocycles. The van der Waals surface area contributed by atoms with Gasteiger partial charge in [0.2, 0.25) is 0 Å². The lowest BCUT2D eigenvalue weighted by molar-refractivity contribution is -0.670. The molecule has 0 aromatic carbocycles. The molecule has 3 aromatic heterocycles. The maximum absolute atomic E-state index is 6.27. The van der Waals surface area contributed by atoms with Gasteiger partial charge in [0, 0.05) is 28.1 Å². The summed E-state index contributed by atoms with van der Waals surface area (Å²) in [6, 6.07) is 6.96. The summed E-state index contributed by atoms with van der Waals surface area (Å²) >= 11 is 1.76. The third-order valence-corrected chi connectivity index (χ3v) is 5.94. The van der Waals surface area contributed by atoms with E-state index >= 15 is 0 Å². The molecule has 3 aromatic rings. The number of nitrogens with zero attached hydrogens (tertiary/aromatic N) is 3. The lowest BCUT2D eigenvalue weighted by Gasteiger charge is -2.18. The molecule has 0 unspecified atom stereocenters. The third-order valence-electron chi connectivity index (χ3n) is 5.02. The van der Waals surface area contributed by atoms with Crippen LogP contribution in [0.3, 0.4) is 0 Å². The average molecular weight is 354 g/mol. The van der Waals surface area contributed by atoms with E-state index in [4.69, 9.17) is 10.7 Å². The van der Waals surface area contributed by atoms with Crippen LogP contribution in [0.4, 0.5) is 0 Å². The minimum absolute atomic E-state index is 0.422. The number of hydrogen-bond donors (Lipinski definition) is 1. The molecule has 4 rings (SSSR count). The summed E-state index contributed by atoms with van der Waals surface area (Å²) in [5.74, 6) is 0.707. The summed E-state index contributed by atoms with van der Waals surface area (Å²) in [6.45, 7) is 0.874. The van der Waals surface area contributed by atoms with Crippen LogP contribution in [-0.4, -0.2) is 16.4 Å². The van der Waals surface area contributed by atoms with E-state index in [0.717, 1.165) is 12.1 Å². The Morgan fingerprint density at radius 1 is 1.32 bits per heavy atom. The van der Waals surface area contributed by atoms with Crippen molar-refractivity contribution >= 4 is 28.1 Å². The van der Waals surface area contributed by atoms with Crippen LogP contribution in [0.5, 0.6) is 0 Å². The summed E-state index contributed by atoms with van der Waals surface area (Å²) in [7, 11) is 2.05. The van der Waals surface area contributed by atoms with E-state index in [1.165, 1.54) is 47.9 Å². The number of nitrogens with two attached hydrogens (primary N) is 1. The molecule has 1 aliphatic carbocycles. The van der Waals surface area contributed by atoms with E-state index in [9.17, 15) is 0 Å². The third kappa shape index (κ3) is 3.61. The fourth-order valence-electron chi connectivity index (χ4n) is 3.64. The summed E-state index contributed by atoms with van der Waals surface area (Å²) in [5, 5.41) is 3.41. The highest BCUT2D eigenvalue weighted by Gasteiger charge is 2.14. The Kier molecular flexibility index (Phi) is 4.57. The van der Waals surface area contributed by atoms with Crippen molar-refractivity contribution in [3.63, 3.8) is 0 Å². The van der Waals surface area contributed by atoms with Gasteiger partial charge in [0.1, 0.15) is 12.9 Å². The maximum atomic E-state index is 6.27. The second-order valence-electron chi connectivity index (χ2n) is 7.00. The van der Waals surface area contributed by atoms with Gasteiger partial charge >= 0.3 is 0 Å². The van der Waals surface area contributed by atoms with Crippen molar-refractivity contribution < 1.29 is 4.57 Å². The minimum atomic E-state index is 0.422. The quantitative estimate of drug-likeness (QED) is 0.435. The summed E-state index contributed by atoms with van der Waals surface area (Å²) in [4.78, 5) is 6.08. The molecule has 0 spiro atoms. The first-order chi connectivity index (χ1) is 12.2. The van der Waals surface area contributed by atoms with E-state index < -0.39 is 0 Å². The molecule has 1 fully saturated rings. The van der Waals surface area contributed by atoms with Gasteiger partial charge in [-0.1, -0.05) is 19.3 Å². The first kappa shape index (κ1) is 16.3. The summed E-state index contributed by atoms with van der Waals surface area (Å²) < 4.78 is 4.37. The molecule has 0 bridgehead atoms. The van der Waals surface area contributed by atoms with Crippen molar-refractivity contribution in [1.29, 1.82) is 0 Å². The van der Waals surface area contributed by atoms with Crippen LogP contribution in [-0.2, 0) is 13.6 Å². The van der Waals surface area contributed by atoms with Crippen molar-refractivity contribution in [3.05, 3.63) is 52.6 Å². The van der Waals surface area contributed by atoms with E-state index in [1.54, 1.807) is 11.3 Å². The Morgan fingerprint density at radius 3 is 3.00 bits per heavy atom. The fraction of sp³-hybridized carbons (Fsp3) is 0.400. The Balaban J connectivity index is 1.51. The van der Waals surface area contributed by atoms with Gasteiger partial charge in [-0.05, 0) is 25.0 Å². The maximum Gasteiger partial charge on any atom is 0.177 e. The number of pyridine rings is 1. The zero-order valence-corrected chi connectivity index (χ0v) is 15.5. The van der Waals surface area contributed by atoms with Gasteiger partial charge in [0.05, 0.1) is 23.5 Å². The van der Waals surface area contributed by atoms with E-state index in [2.05, 4.69) is 58.4 Å². The van der Waals surface area contributed by atoms with Gasteiger partial charge in [-0.15, -0.1) is 11.3 Å². The molecule has 0 saturated heterocycles. The normalized spacial score (nSPS) is 16.6. The van der Waals surface area contributed by atoms with Crippen LogP contribution in [0.1, 0.15) is 42.5 Å². The number of rotatable bonds is 4. The van der Waals surface area contributed by atoms with Gasteiger partial charge in [-0.3, -0.25) is 4.99 Å². The highest BCUT2D eigenvalue weighted by molar-refractivity contribution is 7.10. The first-order valence-electron chi connectivity index (χ1n) is 9.04. The second-order valence-corrected chi connectivity index (χ2v) is 8.00. The monoisotopic (exact) mass is 353 g/mol. The van der Waals surface area contributed by atoms with Crippen LogP contribution in [0.2, 0.25) is 0 Å². The molecule has 2 N–H and O–H groups in total. The fourth-order valence-corrected chi connectivity index (χ4v) is 4.51. The minimum Gasteiger partial charge on any atom is -0.383 e. The number of hydrogen-bond acceptors (Lipinski definition) is 2. The molecule has 130 valence electrons. The lowest BCUT2D eigenvalue weighted by Crippen LogP contribution is -2.25. The SMILES string of the molecule is C[n+]1ccc2c(ccn2Cc2cc(C(N)=NC3CCCCC3)cs2)c1. The smallest absolute Gasteiger partial charge is 0.177 e. The van der Waals surface area contributed by atoms with E-state index in [-0.39, 0.29) is 0 Å². The number of thiophene rings is 1. The molecule has 4 nitrogen and oxygen atoms in total. The number of aromatic nitrogens is 2. The molecule has 1 saturated carbocycles. The number of amidine groups is 1. The first-order valence-corrected chi connectivity index (χ1v) is 9.92. The molecular formula is C20H25N4S+. The van der Waals surface area contributed by atoms with Crippen molar-refractivity contribution in [1.82, 2.24) is 4.57 Å². The Bertz CT molecular complexity index is 899. The zero-order valence-electron chi connectivity index (χ0n) is 14.7. The van der Waals surface area contributed by atoms with Crippen LogP contribution in [0.15, 0.2) is 47.2 Å². The van der Waals surface area contributed by atoms with Gasteiger partial charge < -0.3 is 10.3 Å². The van der Waals surface area contributed by atoms with Crippen molar-refractivity contribution in [2.75, 3.05) is 0 Å². The van der Waals surface area contributed by atoms with Gasteiger partial charge in [0.25, 0.3) is 0 Å². The summed E-state index contributed by atoms with van der Waals surface area (Å²) in [6.07, 6.45) is 12.7. The molecule has 5 heteroatoms. The van der Waals surface area contributed by atoms with Crippen LogP contribution < -0.4 is 10.3 Å². The number of aliphatic imine (C=N–C) groups is 1. The molecule has 0 radical (unpaired) electrons. The van der Waals surface area contributed by atoms with E-state index in [0.29, 0.717) is 11.9 Å². The van der Waals surface area contributed by atoms with Gasteiger partial charge in [0.15, 0.2) is 12.4 Å². The summed E-state index contributed by atoms with van der Waals surface area (Å²) in [5.41, 5.74) is 8.61. The van der Waals surface area contributed by atoms with Crippen molar-refractivity contribution in [3.8, 4) is 0 Å². The highest BCUT2D eigenvalue weighted by Crippen LogP contribution is 2.23. The van der Waals surface area contributed by atoms with Crippen LogP contribution in [0, 0.1) is 0 Å². The topological polar surface area (TPSA) is 47.2 Å². The van der Waals surface area contributed by atoms with E-state index in [1.807, 2.05) is 0 Å². The highest BCUT2D eigenvalue weighted by atomic mass is 32.1. The molecule has 25 heavy (non-hydrogen) atoms. The second kappa shape index (κ2) is 7.00. The molecule has 0 amide bonds. The van der Waals surface area contributed by atoms with Crippen molar-refractivity contribution in [2.45, 2.75) is 44.7 Å². The van der Waals surface area contributed by atoms with Crippen LogP contribution >= 0.6 is 11.3 Å². The molecule has 1 aliphatic rings. The Labute approximate surface area is 152 Å². The standard InChI is InChI=1S/C20H25N4S/c1-23-9-8-19-15(12-23)7-10-24(19)13-18-11-16(14-25-18)20(21)22-17-5-3-2-4-6-17/h7-12,14,17H,2-6,13H2,1H3,(H2,21,22)/q+1. The zero-order chi connectivity index (χ0) is 17.2. The number of fused-ring (bicyclic) bond motifs is 1. The Morgan fingerprint density at radius 2 is 2.16 bits per heavy atom. The molecule has 3 heterocycles.